The van der Waals surface area contributed by atoms with Gasteiger partial charge in [-0.3, -0.25) is 0 Å². The Kier molecular flexibility index (Phi) is 10.7. The molecule has 3 aromatic rings. The van der Waals surface area contributed by atoms with Crippen molar-refractivity contribution < 1.29 is 22.0 Å². The van der Waals surface area contributed by atoms with Crippen molar-refractivity contribution in [1.82, 2.24) is 10.6 Å². The zero-order valence-electron chi connectivity index (χ0n) is 19.5. The Balaban J connectivity index is 0.000000270. The fraction of sp³-hybridized carbons (Fsp3) is 0.308. The minimum Gasteiger partial charge on any atom is -0.310 e. The van der Waals surface area contributed by atoms with Crippen LogP contribution in [0.4, 0.5) is 22.0 Å². The van der Waals surface area contributed by atoms with Crippen molar-refractivity contribution in [2.75, 3.05) is 0 Å². The second-order valence-electron chi connectivity index (χ2n) is 8.39. The molecule has 0 saturated carbocycles. The first-order chi connectivity index (χ1) is 16.0. The van der Waals surface area contributed by atoms with Crippen LogP contribution in [-0.2, 0) is 13.1 Å². The van der Waals surface area contributed by atoms with Crippen LogP contribution in [0, 0.1) is 29.1 Å². The summed E-state index contributed by atoms with van der Waals surface area (Å²) in [5, 5.41) is 6.43. The fourth-order valence-electron chi connectivity index (χ4n) is 2.91. The number of halogens is 6. The highest BCUT2D eigenvalue weighted by atomic mass is 79.9. The summed E-state index contributed by atoms with van der Waals surface area (Å²) in [6.07, 6.45) is 0. The van der Waals surface area contributed by atoms with Crippen molar-refractivity contribution in [3.8, 4) is 11.1 Å². The zero-order chi connectivity index (χ0) is 25.4. The minimum atomic E-state index is -1.56. The Morgan fingerprint density at radius 1 is 0.647 bits per heavy atom. The standard InChI is InChI=1S/C16H15F4N.C10H13BrFN/c1-9(2)21-8-10-3-4-13(17)12(5-10)11-6-14(18)16(20)15(19)7-11;1-7(2)13-6-8-3-4-10(12)9(11)5-8/h3-7,9,21H,8H2,1-2H3;3-5,7,13H,6H2,1-2H3. The molecule has 8 heteroatoms. The van der Waals surface area contributed by atoms with Gasteiger partial charge in [0.15, 0.2) is 17.5 Å². The van der Waals surface area contributed by atoms with E-state index in [9.17, 15) is 22.0 Å². The molecule has 184 valence electrons. The van der Waals surface area contributed by atoms with E-state index in [1.807, 2.05) is 13.8 Å². The van der Waals surface area contributed by atoms with E-state index >= 15 is 0 Å². The predicted octanol–water partition coefficient (Wildman–Crippen LogP) is 7.49. The summed E-state index contributed by atoms with van der Waals surface area (Å²) >= 11 is 3.15. The smallest absolute Gasteiger partial charge is 0.194 e. The lowest BCUT2D eigenvalue weighted by atomic mass is 10.0. The van der Waals surface area contributed by atoms with Crippen molar-refractivity contribution in [2.45, 2.75) is 52.9 Å². The van der Waals surface area contributed by atoms with Gasteiger partial charge in [0, 0.05) is 30.7 Å². The summed E-state index contributed by atoms with van der Waals surface area (Å²) < 4.78 is 66.7. The summed E-state index contributed by atoms with van der Waals surface area (Å²) in [6, 6.07) is 11.6. The van der Waals surface area contributed by atoms with Crippen molar-refractivity contribution in [2.24, 2.45) is 0 Å². The Hall–Kier alpha value is -2.29. The zero-order valence-corrected chi connectivity index (χ0v) is 21.0. The molecule has 3 aromatic carbocycles. The van der Waals surface area contributed by atoms with E-state index in [2.05, 4.69) is 40.4 Å². The summed E-state index contributed by atoms with van der Waals surface area (Å²) in [5.74, 6) is -5.07. The highest BCUT2D eigenvalue weighted by Gasteiger charge is 2.14. The molecular weight excluding hydrogens is 515 g/mol. The third kappa shape index (κ3) is 8.49. The van der Waals surface area contributed by atoms with Crippen molar-refractivity contribution in [3.63, 3.8) is 0 Å². The quantitative estimate of drug-likeness (QED) is 0.238. The monoisotopic (exact) mass is 542 g/mol. The van der Waals surface area contributed by atoms with Crippen LogP contribution in [-0.4, -0.2) is 12.1 Å². The van der Waals surface area contributed by atoms with Gasteiger partial charge in [-0.15, -0.1) is 0 Å². The van der Waals surface area contributed by atoms with E-state index in [0.717, 1.165) is 29.8 Å². The van der Waals surface area contributed by atoms with Crippen LogP contribution in [0.15, 0.2) is 53.0 Å². The third-order valence-electron chi connectivity index (χ3n) is 4.74. The van der Waals surface area contributed by atoms with Gasteiger partial charge in [0.1, 0.15) is 11.6 Å². The van der Waals surface area contributed by atoms with Crippen LogP contribution >= 0.6 is 15.9 Å². The van der Waals surface area contributed by atoms with Gasteiger partial charge >= 0.3 is 0 Å². The first-order valence-corrected chi connectivity index (χ1v) is 11.6. The lowest BCUT2D eigenvalue weighted by Crippen LogP contribution is -2.21. The molecule has 0 aliphatic heterocycles. The molecule has 0 unspecified atom stereocenters. The molecule has 2 nitrogen and oxygen atoms in total. The maximum Gasteiger partial charge on any atom is 0.194 e. The number of hydrogen-bond acceptors (Lipinski definition) is 2. The molecule has 0 bridgehead atoms. The molecule has 0 aliphatic rings. The molecular formula is C26H28BrF5N2. The highest BCUT2D eigenvalue weighted by molar-refractivity contribution is 9.10. The molecule has 0 spiro atoms. The predicted molar refractivity (Wildman–Crippen MR) is 130 cm³/mol. The van der Waals surface area contributed by atoms with Crippen LogP contribution in [0.3, 0.4) is 0 Å². The molecule has 0 heterocycles. The van der Waals surface area contributed by atoms with Crippen LogP contribution in [0.2, 0.25) is 0 Å². The van der Waals surface area contributed by atoms with E-state index in [0.29, 0.717) is 17.1 Å². The second-order valence-corrected chi connectivity index (χ2v) is 9.24. The van der Waals surface area contributed by atoms with Gasteiger partial charge < -0.3 is 10.6 Å². The fourth-order valence-corrected chi connectivity index (χ4v) is 3.33. The molecule has 0 aromatic heterocycles. The summed E-state index contributed by atoms with van der Waals surface area (Å²) in [4.78, 5) is 0. The average molecular weight is 543 g/mol. The van der Waals surface area contributed by atoms with Crippen LogP contribution in [0.5, 0.6) is 0 Å². The number of nitrogens with one attached hydrogen (secondary N) is 2. The summed E-state index contributed by atoms with van der Waals surface area (Å²) in [6.45, 7) is 9.37. The molecule has 0 amide bonds. The number of hydrogen-bond donors (Lipinski definition) is 2. The molecule has 34 heavy (non-hydrogen) atoms. The minimum absolute atomic E-state index is 0.0321. The van der Waals surface area contributed by atoms with Gasteiger partial charge in [0.25, 0.3) is 0 Å². The molecule has 0 radical (unpaired) electrons. The van der Waals surface area contributed by atoms with Crippen molar-refractivity contribution in [1.29, 1.82) is 0 Å². The molecule has 0 aliphatic carbocycles. The molecule has 0 atom stereocenters. The van der Waals surface area contributed by atoms with E-state index < -0.39 is 23.3 Å². The topological polar surface area (TPSA) is 24.1 Å². The first-order valence-electron chi connectivity index (χ1n) is 10.8. The molecule has 0 fully saturated rings. The first kappa shape index (κ1) is 28.0. The lowest BCUT2D eigenvalue weighted by Gasteiger charge is -2.11. The van der Waals surface area contributed by atoms with Crippen LogP contribution in [0.1, 0.15) is 38.8 Å². The second kappa shape index (κ2) is 13.0. The summed E-state index contributed by atoms with van der Waals surface area (Å²) in [7, 11) is 0. The highest BCUT2D eigenvalue weighted by Crippen LogP contribution is 2.27. The Morgan fingerprint density at radius 3 is 1.59 bits per heavy atom. The largest absolute Gasteiger partial charge is 0.310 e. The number of rotatable bonds is 7. The van der Waals surface area contributed by atoms with Crippen LogP contribution < -0.4 is 10.6 Å². The summed E-state index contributed by atoms with van der Waals surface area (Å²) in [5.41, 5.74) is 1.86. The van der Waals surface area contributed by atoms with E-state index in [1.54, 1.807) is 18.2 Å². The Bertz CT molecular complexity index is 1080. The van der Waals surface area contributed by atoms with E-state index in [4.69, 9.17) is 0 Å². The van der Waals surface area contributed by atoms with Crippen LogP contribution in [0.25, 0.3) is 11.1 Å². The normalized spacial score (nSPS) is 11.1. The molecule has 2 N–H and O–H groups in total. The van der Waals surface area contributed by atoms with Crippen molar-refractivity contribution >= 4 is 15.9 Å². The van der Waals surface area contributed by atoms with E-state index in [1.165, 1.54) is 18.2 Å². The third-order valence-corrected chi connectivity index (χ3v) is 5.35. The Labute approximate surface area is 205 Å². The Morgan fingerprint density at radius 2 is 1.12 bits per heavy atom. The maximum atomic E-state index is 13.9. The SMILES string of the molecule is CC(C)NCc1ccc(F)c(-c2cc(F)c(F)c(F)c2)c1.CC(C)NCc1ccc(F)c(Br)c1. The van der Waals surface area contributed by atoms with Gasteiger partial charge in [-0.2, -0.15) is 0 Å². The average Bonchev–Trinajstić information content (AvgIpc) is 2.77. The molecule has 0 saturated heterocycles. The van der Waals surface area contributed by atoms with E-state index in [-0.39, 0.29) is 23.0 Å². The van der Waals surface area contributed by atoms with Crippen molar-refractivity contribution in [3.05, 3.63) is 93.2 Å². The van der Waals surface area contributed by atoms with Gasteiger partial charge in [-0.05, 0) is 69.0 Å². The maximum absolute atomic E-state index is 13.9. The van der Waals surface area contributed by atoms with Gasteiger partial charge in [0.05, 0.1) is 4.47 Å². The van der Waals surface area contributed by atoms with Gasteiger partial charge in [0.2, 0.25) is 0 Å². The van der Waals surface area contributed by atoms with Gasteiger partial charge in [-0.25, -0.2) is 22.0 Å². The lowest BCUT2D eigenvalue weighted by molar-refractivity contribution is 0.447. The van der Waals surface area contributed by atoms with Gasteiger partial charge in [-0.1, -0.05) is 39.8 Å². The number of benzene rings is 3. The molecule has 3 rings (SSSR count).